The van der Waals surface area contributed by atoms with Crippen LogP contribution in [0.25, 0.3) is 0 Å². The van der Waals surface area contributed by atoms with Gasteiger partial charge >= 0.3 is 0 Å². The van der Waals surface area contributed by atoms with Crippen molar-refractivity contribution in [2.45, 2.75) is 18.9 Å². The Morgan fingerprint density at radius 1 is 1.19 bits per heavy atom. The van der Waals surface area contributed by atoms with Crippen molar-refractivity contribution in [1.29, 1.82) is 0 Å². The molecule has 0 aliphatic heterocycles. The average Bonchev–Trinajstić information content (AvgIpc) is 2.70. The van der Waals surface area contributed by atoms with Crippen molar-refractivity contribution >= 4 is 28.5 Å². The number of anilines is 1. The fourth-order valence-electron chi connectivity index (χ4n) is 2.23. The number of nitro groups is 1. The van der Waals surface area contributed by atoms with Gasteiger partial charge in [-0.25, -0.2) is 0 Å². The van der Waals surface area contributed by atoms with Gasteiger partial charge in [0.25, 0.3) is 5.69 Å². The summed E-state index contributed by atoms with van der Waals surface area (Å²) in [6.07, 6.45) is 1.39. The number of carbonyl (C=O) groups is 1. The van der Waals surface area contributed by atoms with Crippen LogP contribution in [0, 0.1) is 10.1 Å². The lowest BCUT2D eigenvalue weighted by molar-refractivity contribution is -0.384. The first-order chi connectivity index (χ1) is 12.9. The van der Waals surface area contributed by atoms with E-state index in [4.69, 9.17) is 0 Å². The minimum atomic E-state index is -1.49. The average molecular weight is 368 g/mol. The molecule has 0 bridgehead atoms. The Morgan fingerprint density at radius 3 is 2.15 bits per heavy atom. The molecular weight excluding hydrogens is 348 g/mol. The number of nitro benzene ring substituents is 1. The minimum Gasteiger partial charge on any atom is -0.382 e. The van der Waals surface area contributed by atoms with Crippen LogP contribution in [0.3, 0.4) is 0 Å². The molecular formula is C19H20N4O4. The molecule has 0 saturated heterocycles. The third-order valence-corrected chi connectivity index (χ3v) is 4.02. The van der Waals surface area contributed by atoms with Crippen LogP contribution in [0.2, 0.25) is 0 Å². The highest BCUT2D eigenvalue weighted by Gasteiger charge is 2.31. The van der Waals surface area contributed by atoms with E-state index in [9.17, 15) is 20.0 Å². The van der Waals surface area contributed by atoms with Gasteiger partial charge in [0, 0.05) is 17.8 Å². The van der Waals surface area contributed by atoms with Crippen LogP contribution in [0.1, 0.15) is 13.3 Å². The summed E-state index contributed by atoms with van der Waals surface area (Å²) >= 11 is 0. The molecule has 0 spiro atoms. The number of ketones is 1. The number of non-ortho nitro benzene ring substituents is 1. The van der Waals surface area contributed by atoms with Crippen molar-refractivity contribution < 1.29 is 14.8 Å². The van der Waals surface area contributed by atoms with Crippen molar-refractivity contribution in [3.8, 4) is 0 Å². The van der Waals surface area contributed by atoms with Crippen LogP contribution in [0.5, 0.6) is 0 Å². The quantitative estimate of drug-likeness (QED) is 0.296. The smallest absolute Gasteiger partial charge is 0.269 e. The molecule has 2 N–H and O–H groups in total. The molecule has 0 heterocycles. The molecule has 0 aliphatic rings. The molecule has 0 radical (unpaired) electrons. The number of nitrogens with one attached hydrogen (secondary N) is 1. The topological polar surface area (TPSA) is 117 Å². The molecule has 0 aliphatic carbocycles. The molecule has 0 saturated carbocycles. The number of azo groups is 1. The van der Waals surface area contributed by atoms with Gasteiger partial charge in [-0.1, -0.05) is 13.5 Å². The summed E-state index contributed by atoms with van der Waals surface area (Å²) in [4.78, 5) is 21.9. The van der Waals surface area contributed by atoms with E-state index >= 15 is 0 Å². The molecule has 8 heteroatoms. The Kier molecular flexibility index (Phi) is 6.51. The number of aliphatic hydroxyl groups is 1. The van der Waals surface area contributed by atoms with Crippen molar-refractivity contribution in [2.75, 3.05) is 11.9 Å². The Labute approximate surface area is 156 Å². The van der Waals surface area contributed by atoms with Crippen molar-refractivity contribution in [3.63, 3.8) is 0 Å². The molecule has 2 aromatic carbocycles. The summed E-state index contributed by atoms with van der Waals surface area (Å²) in [5, 5.41) is 32.0. The predicted molar refractivity (Wildman–Crippen MR) is 103 cm³/mol. The number of hydrogen-bond acceptors (Lipinski definition) is 7. The molecule has 1 unspecified atom stereocenters. The lowest BCUT2D eigenvalue weighted by atomic mass is 9.95. The summed E-state index contributed by atoms with van der Waals surface area (Å²) in [5.74, 6) is -0.425. The second-order valence-electron chi connectivity index (χ2n) is 5.83. The summed E-state index contributed by atoms with van der Waals surface area (Å²) < 4.78 is 0. The first-order valence-corrected chi connectivity index (χ1v) is 8.27. The lowest BCUT2D eigenvalue weighted by Gasteiger charge is -2.24. The summed E-state index contributed by atoms with van der Waals surface area (Å²) in [6, 6.07) is 12.7. The minimum absolute atomic E-state index is 0.00801. The van der Waals surface area contributed by atoms with Gasteiger partial charge in [-0.15, -0.1) is 0 Å². The van der Waals surface area contributed by atoms with E-state index in [2.05, 4.69) is 22.1 Å². The molecule has 2 rings (SSSR count). The zero-order chi connectivity index (χ0) is 19.9. The van der Waals surface area contributed by atoms with E-state index in [-0.39, 0.29) is 18.7 Å². The summed E-state index contributed by atoms with van der Waals surface area (Å²) in [5.41, 5.74) is 0.306. The molecule has 2 aromatic rings. The van der Waals surface area contributed by atoms with E-state index in [0.29, 0.717) is 17.1 Å². The van der Waals surface area contributed by atoms with Crippen LogP contribution < -0.4 is 5.32 Å². The van der Waals surface area contributed by atoms with Crippen LogP contribution >= 0.6 is 0 Å². The maximum absolute atomic E-state index is 11.7. The van der Waals surface area contributed by atoms with E-state index in [1.165, 1.54) is 24.3 Å². The highest BCUT2D eigenvalue weighted by Crippen LogP contribution is 2.23. The van der Waals surface area contributed by atoms with Gasteiger partial charge in [-0.2, -0.15) is 10.2 Å². The maximum atomic E-state index is 11.7. The Morgan fingerprint density at radius 2 is 1.70 bits per heavy atom. The zero-order valence-electron chi connectivity index (χ0n) is 14.8. The fourth-order valence-corrected chi connectivity index (χ4v) is 2.23. The second kappa shape index (κ2) is 8.81. The standard InChI is InChI=1S/C19H20N4O4/c1-3-18(24)19(25,4-2)13-20-14-5-7-15(8-6-14)21-22-16-9-11-17(12-10-16)23(26)27/h3,5-12,20,25H,1,4,13H2,2H3. The number of carbonyl (C=O) groups excluding carboxylic acids is 1. The van der Waals surface area contributed by atoms with Gasteiger partial charge in [0.15, 0.2) is 5.78 Å². The molecule has 1 atom stereocenters. The second-order valence-corrected chi connectivity index (χ2v) is 5.83. The number of benzene rings is 2. The van der Waals surface area contributed by atoms with Gasteiger partial charge in [-0.3, -0.25) is 14.9 Å². The van der Waals surface area contributed by atoms with Gasteiger partial charge in [-0.05, 0) is 48.9 Å². The predicted octanol–water partition coefficient (Wildman–Crippen LogP) is 4.32. The van der Waals surface area contributed by atoms with E-state index < -0.39 is 16.3 Å². The first-order valence-electron chi connectivity index (χ1n) is 8.27. The van der Waals surface area contributed by atoms with Gasteiger partial charge in [0.1, 0.15) is 5.60 Å². The van der Waals surface area contributed by atoms with Crippen molar-refractivity contribution in [3.05, 3.63) is 71.3 Å². The van der Waals surface area contributed by atoms with Crippen molar-refractivity contribution in [1.82, 2.24) is 0 Å². The van der Waals surface area contributed by atoms with Crippen LogP contribution in [-0.2, 0) is 4.79 Å². The molecule has 0 fully saturated rings. The van der Waals surface area contributed by atoms with Gasteiger partial charge in [0.2, 0.25) is 0 Å². The fraction of sp³-hybridized carbons (Fsp3) is 0.211. The van der Waals surface area contributed by atoms with Crippen LogP contribution in [-0.4, -0.2) is 28.0 Å². The number of nitrogens with zero attached hydrogens (tertiary/aromatic N) is 3. The highest BCUT2D eigenvalue weighted by molar-refractivity contribution is 5.96. The summed E-state index contributed by atoms with van der Waals surface area (Å²) in [6.45, 7) is 5.20. The maximum Gasteiger partial charge on any atom is 0.269 e. The first kappa shape index (κ1) is 19.9. The Hall–Kier alpha value is -3.39. The van der Waals surface area contributed by atoms with E-state index in [1.807, 2.05) is 0 Å². The van der Waals surface area contributed by atoms with E-state index in [0.717, 1.165) is 6.08 Å². The van der Waals surface area contributed by atoms with Gasteiger partial charge < -0.3 is 10.4 Å². The van der Waals surface area contributed by atoms with Crippen molar-refractivity contribution in [2.24, 2.45) is 10.2 Å². The third-order valence-electron chi connectivity index (χ3n) is 4.02. The number of hydrogen-bond donors (Lipinski definition) is 2. The highest BCUT2D eigenvalue weighted by atomic mass is 16.6. The third kappa shape index (κ3) is 5.29. The van der Waals surface area contributed by atoms with Crippen LogP contribution in [0.15, 0.2) is 71.4 Å². The normalized spacial score (nSPS) is 13.1. The Bertz CT molecular complexity index is 847. The monoisotopic (exact) mass is 368 g/mol. The molecule has 8 nitrogen and oxygen atoms in total. The SMILES string of the molecule is C=CC(=O)C(O)(CC)CNc1ccc(N=Nc2ccc([N+](=O)[O-])cc2)cc1. The zero-order valence-corrected chi connectivity index (χ0v) is 14.8. The Balaban J connectivity index is 1.99. The molecule has 140 valence electrons. The molecule has 0 amide bonds. The largest absolute Gasteiger partial charge is 0.382 e. The van der Waals surface area contributed by atoms with Crippen LogP contribution in [0.4, 0.5) is 22.7 Å². The van der Waals surface area contributed by atoms with Gasteiger partial charge in [0.05, 0.1) is 22.8 Å². The molecule has 27 heavy (non-hydrogen) atoms. The number of rotatable bonds is 9. The summed E-state index contributed by atoms with van der Waals surface area (Å²) in [7, 11) is 0. The molecule has 0 aromatic heterocycles. The lowest BCUT2D eigenvalue weighted by Crippen LogP contribution is -2.43. The van der Waals surface area contributed by atoms with E-state index in [1.54, 1.807) is 31.2 Å².